The van der Waals surface area contributed by atoms with Crippen LogP contribution in [0.1, 0.15) is 76.1 Å². The van der Waals surface area contributed by atoms with Crippen molar-refractivity contribution in [3.05, 3.63) is 33.4 Å². The van der Waals surface area contributed by atoms with Gasteiger partial charge in [0.2, 0.25) is 5.91 Å². The van der Waals surface area contributed by atoms with Crippen molar-refractivity contribution in [2.24, 2.45) is 5.41 Å². The average Bonchev–Trinajstić information content (AvgIpc) is 3.03. The van der Waals surface area contributed by atoms with Crippen LogP contribution in [0.25, 0.3) is 10.9 Å². The van der Waals surface area contributed by atoms with E-state index in [2.05, 4.69) is 77.9 Å². The SMILES string of the molecule is CCCN1C[C@@H](NC(=O)C(C)(CC)CC)CC2c3cc(Br)cc4[nH]c(C)c(c34)C[C@H]21. The van der Waals surface area contributed by atoms with Gasteiger partial charge >= 0.3 is 0 Å². The zero-order chi connectivity index (χ0) is 21.6. The molecule has 1 unspecified atom stereocenters. The molecule has 164 valence electrons. The molecular formula is C25H36BrN3O. The molecular weight excluding hydrogens is 438 g/mol. The van der Waals surface area contributed by atoms with E-state index >= 15 is 0 Å². The maximum atomic E-state index is 13.1. The number of benzene rings is 1. The molecule has 2 heterocycles. The van der Waals surface area contributed by atoms with Gasteiger partial charge in [-0.2, -0.15) is 0 Å². The monoisotopic (exact) mass is 473 g/mol. The number of carbonyl (C=O) groups excluding carboxylic acids is 1. The van der Waals surface area contributed by atoms with Gasteiger partial charge in [0, 0.05) is 51.0 Å². The van der Waals surface area contributed by atoms with Crippen molar-refractivity contribution >= 4 is 32.7 Å². The van der Waals surface area contributed by atoms with Gasteiger partial charge in [-0.3, -0.25) is 9.69 Å². The van der Waals surface area contributed by atoms with Crippen molar-refractivity contribution in [1.29, 1.82) is 0 Å². The van der Waals surface area contributed by atoms with Crippen LogP contribution in [0, 0.1) is 12.3 Å². The lowest BCUT2D eigenvalue weighted by Gasteiger charge is -2.48. The van der Waals surface area contributed by atoms with Crippen LogP contribution in [0.5, 0.6) is 0 Å². The summed E-state index contributed by atoms with van der Waals surface area (Å²) < 4.78 is 1.14. The van der Waals surface area contributed by atoms with Crippen molar-refractivity contribution < 1.29 is 4.79 Å². The van der Waals surface area contributed by atoms with Crippen molar-refractivity contribution in [2.75, 3.05) is 13.1 Å². The van der Waals surface area contributed by atoms with E-state index in [1.165, 1.54) is 27.7 Å². The highest BCUT2D eigenvalue weighted by Gasteiger charge is 2.42. The molecule has 1 fully saturated rings. The van der Waals surface area contributed by atoms with Crippen molar-refractivity contribution in [2.45, 2.75) is 84.7 Å². The highest BCUT2D eigenvalue weighted by atomic mass is 79.9. The van der Waals surface area contributed by atoms with Crippen LogP contribution in [0.4, 0.5) is 0 Å². The number of hydrogen-bond acceptors (Lipinski definition) is 2. The van der Waals surface area contributed by atoms with Gasteiger partial charge in [0.05, 0.1) is 0 Å². The van der Waals surface area contributed by atoms with Gasteiger partial charge in [0.25, 0.3) is 0 Å². The van der Waals surface area contributed by atoms with E-state index in [1.807, 2.05) is 0 Å². The third-order valence-corrected chi connectivity index (χ3v) is 8.36. The maximum Gasteiger partial charge on any atom is 0.226 e. The standard InChI is InChI=1S/C25H36BrN3O/c1-6-9-29-14-17(28-24(30)25(5,7-2)8-3)12-19-20-10-16(26)11-21-23(20)18(13-22(19)29)15(4)27-21/h10-11,17,19,22,27H,6-9,12-14H2,1-5H3,(H,28,30)/t17-,19?,22+/m0/s1. The van der Waals surface area contributed by atoms with Crippen LogP contribution in [-0.4, -0.2) is 41.0 Å². The Kier molecular flexibility index (Phi) is 6.06. The molecule has 1 aliphatic heterocycles. The molecule has 0 saturated carbocycles. The fourth-order valence-electron chi connectivity index (χ4n) is 5.68. The Morgan fingerprint density at radius 1 is 1.30 bits per heavy atom. The molecule has 0 bridgehead atoms. The van der Waals surface area contributed by atoms with Crippen molar-refractivity contribution in [1.82, 2.24) is 15.2 Å². The number of carbonyl (C=O) groups is 1. The Labute approximate surface area is 189 Å². The molecule has 4 rings (SSSR count). The molecule has 2 aromatic rings. The van der Waals surface area contributed by atoms with E-state index in [0.717, 1.165) is 49.7 Å². The fourth-order valence-corrected chi connectivity index (χ4v) is 6.16. The zero-order valence-electron chi connectivity index (χ0n) is 19.1. The summed E-state index contributed by atoms with van der Waals surface area (Å²) in [5.74, 6) is 0.675. The summed E-state index contributed by atoms with van der Waals surface area (Å²) in [6.45, 7) is 12.9. The minimum atomic E-state index is -0.271. The smallest absolute Gasteiger partial charge is 0.226 e. The molecule has 1 saturated heterocycles. The van der Waals surface area contributed by atoms with Gasteiger partial charge in [-0.1, -0.05) is 43.6 Å². The number of aromatic amines is 1. The van der Waals surface area contributed by atoms with Gasteiger partial charge in [0.15, 0.2) is 0 Å². The predicted octanol–water partition coefficient (Wildman–Crippen LogP) is 5.67. The number of amides is 1. The second kappa shape index (κ2) is 8.31. The number of hydrogen-bond donors (Lipinski definition) is 2. The van der Waals surface area contributed by atoms with E-state index < -0.39 is 0 Å². The first kappa shape index (κ1) is 21.9. The highest BCUT2D eigenvalue weighted by Crippen LogP contribution is 2.45. The third kappa shape index (κ3) is 3.62. The van der Waals surface area contributed by atoms with Crippen molar-refractivity contribution in [3.63, 3.8) is 0 Å². The lowest BCUT2D eigenvalue weighted by Crippen LogP contribution is -2.57. The van der Waals surface area contributed by atoms with E-state index in [0.29, 0.717) is 12.0 Å². The summed E-state index contributed by atoms with van der Waals surface area (Å²) in [5.41, 5.74) is 5.21. The second-order valence-electron chi connectivity index (χ2n) is 9.69. The number of likely N-dealkylation sites (tertiary alicyclic amines) is 1. The number of H-pyrrole nitrogens is 1. The predicted molar refractivity (Wildman–Crippen MR) is 128 cm³/mol. The normalized spacial score (nSPS) is 24.1. The Bertz CT molecular complexity index is 946. The first-order chi connectivity index (χ1) is 14.3. The molecule has 1 aromatic heterocycles. The van der Waals surface area contributed by atoms with Gasteiger partial charge in [-0.15, -0.1) is 0 Å². The van der Waals surface area contributed by atoms with Gasteiger partial charge in [0.1, 0.15) is 0 Å². The maximum absolute atomic E-state index is 13.1. The number of aromatic nitrogens is 1. The first-order valence-electron chi connectivity index (χ1n) is 11.7. The lowest BCUT2D eigenvalue weighted by atomic mass is 9.73. The number of nitrogens with one attached hydrogen (secondary N) is 2. The Balaban J connectivity index is 1.70. The Morgan fingerprint density at radius 3 is 2.70 bits per heavy atom. The van der Waals surface area contributed by atoms with Gasteiger partial charge in [-0.25, -0.2) is 0 Å². The number of piperidine rings is 1. The number of aryl methyl sites for hydroxylation is 1. The fraction of sp³-hybridized carbons (Fsp3) is 0.640. The third-order valence-electron chi connectivity index (χ3n) is 7.90. The Morgan fingerprint density at radius 2 is 2.03 bits per heavy atom. The largest absolute Gasteiger partial charge is 0.358 e. The molecule has 2 aliphatic rings. The average molecular weight is 474 g/mol. The molecule has 3 atom stereocenters. The lowest BCUT2D eigenvalue weighted by molar-refractivity contribution is -0.132. The van der Waals surface area contributed by atoms with Crippen LogP contribution in [0.15, 0.2) is 16.6 Å². The summed E-state index contributed by atoms with van der Waals surface area (Å²) in [5, 5.41) is 4.88. The van der Waals surface area contributed by atoms with Crippen LogP contribution < -0.4 is 5.32 Å². The number of halogens is 1. The second-order valence-corrected chi connectivity index (χ2v) is 10.6. The summed E-state index contributed by atoms with van der Waals surface area (Å²) in [7, 11) is 0. The molecule has 0 spiro atoms. The molecule has 2 N–H and O–H groups in total. The van der Waals surface area contributed by atoms with Crippen LogP contribution in [0.2, 0.25) is 0 Å². The summed E-state index contributed by atoms with van der Waals surface area (Å²) in [6, 6.07) is 5.25. The molecule has 30 heavy (non-hydrogen) atoms. The van der Waals surface area contributed by atoms with E-state index in [9.17, 15) is 4.79 Å². The molecule has 4 nitrogen and oxygen atoms in total. The van der Waals surface area contributed by atoms with Crippen LogP contribution in [0.3, 0.4) is 0 Å². The van der Waals surface area contributed by atoms with E-state index in [1.54, 1.807) is 0 Å². The minimum Gasteiger partial charge on any atom is -0.358 e. The summed E-state index contributed by atoms with van der Waals surface area (Å²) >= 11 is 3.74. The summed E-state index contributed by atoms with van der Waals surface area (Å²) in [6.07, 6.45) is 5.03. The minimum absolute atomic E-state index is 0.207. The molecule has 1 aliphatic carbocycles. The van der Waals surface area contributed by atoms with E-state index in [4.69, 9.17) is 0 Å². The number of fused-ring (bicyclic) bond motifs is 2. The quantitative estimate of drug-likeness (QED) is 0.567. The van der Waals surface area contributed by atoms with Gasteiger partial charge < -0.3 is 10.3 Å². The Hall–Kier alpha value is -1.33. The van der Waals surface area contributed by atoms with Gasteiger partial charge in [-0.05, 0) is 68.8 Å². The molecule has 1 amide bonds. The number of rotatable bonds is 6. The molecule has 5 heteroatoms. The highest BCUT2D eigenvalue weighted by molar-refractivity contribution is 9.10. The molecule has 0 radical (unpaired) electrons. The van der Waals surface area contributed by atoms with E-state index in [-0.39, 0.29) is 17.4 Å². The number of nitrogens with zero attached hydrogens (tertiary/aromatic N) is 1. The zero-order valence-corrected chi connectivity index (χ0v) is 20.7. The topological polar surface area (TPSA) is 48.1 Å². The van der Waals surface area contributed by atoms with Crippen molar-refractivity contribution in [3.8, 4) is 0 Å². The van der Waals surface area contributed by atoms with Crippen LogP contribution >= 0.6 is 15.9 Å². The first-order valence-corrected chi connectivity index (χ1v) is 12.5. The summed E-state index contributed by atoms with van der Waals surface area (Å²) in [4.78, 5) is 19.4. The van der Waals surface area contributed by atoms with Crippen LogP contribution in [-0.2, 0) is 11.2 Å². The molecule has 1 aromatic carbocycles.